The fourth-order valence-electron chi connectivity index (χ4n) is 3.66. The van der Waals surface area contributed by atoms with Crippen LogP contribution >= 0.6 is 0 Å². The van der Waals surface area contributed by atoms with Gasteiger partial charge >= 0.3 is 0 Å². The van der Waals surface area contributed by atoms with E-state index in [-0.39, 0.29) is 11.5 Å². The van der Waals surface area contributed by atoms with Crippen LogP contribution in [0.25, 0.3) is 5.65 Å². The standard InChI is InChI=1S/C21H26N6O2/c1-15-11-19(28)27-20(24-15)18(13-23-27)21(29)22-12-16-5-3-4-6-17(16)14-26-9-7-25(2)8-10-26/h3-6,11,13,23H,7-10,12,14H2,1-2H3,(H,22,29). The second-order valence-corrected chi connectivity index (χ2v) is 7.61. The molecular weight excluding hydrogens is 368 g/mol. The topological polar surface area (TPSA) is 85.7 Å². The summed E-state index contributed by atoms with van der Waals surface area (Å²) in [7, 11) is 2.15. The van der Waals surface area contributed by atoms with Crippen molar-refractivity contribution in [2.75, 3.05) is 33.2 Å². The van der Waals surface area contributed by atoms with Gasteiger partial charge in [-0.25, -0.2) is 9.50 Å². The van der Waals surface area contributed by atoms with Gasteiger partial charge < -0.3 is 10.2 Å². The van der Waals surface area contributed by atoms with Gasteiger partial charge in [0.2, 0.25) is 0 Å². The minimum absolute atomic E-state index is 0.232. The Kier molecular flexibility index (Phi) is 5.46. The smallest absolute Gasteiger partial charge is 0.272 e. The number of aromatic amines is 1. The Labute approximate surface area is 169 Å². The Morgan fingerprint density at radius 2 is 1.90 bits per heavy atom. The summed E-state index contributed by atoms with van der Waals surface area (Å²) in [5.74, 6) is -0.254. The quantitative estimate of drug-likeness (QED) is 0.675. The summed E-state index contributed by atoms with van der Waals surface area (Å²) in [6, 6.07) is 9.63. The molecule has 8 nitrogen and oxygen atoms in total. The van der Waals surface area contributed by atoms with Gasteiger partial charge in [-0.15, -0.1) is 0 Å². The summed E-state index contributed by atoms with van der Waals surface area (Å²) in [6.07, 6.45) is 1.52. The molecule has 8 heteroatoms. The summed E-state index contributed by atoms with van der Waals surface area (Å²) >= 11 is 0. The number of carbonyl (C=O) groups is 1. The second kappa shape index (κ2) is 8.18. The van der Waals surface area contributed by atoms with Gasteiger partial charge in [0.1, 0.15) is 5.56 Å². The maximum absolute atomic E-state index is 12.8. The third kappa shape index (κ3) is 4.23. The molecule has 3 heterocycles. The van der Waals surface area contributed by atoms with Crippen LogP contribution < -0.4 is 10.9 Å². The predicted molar refractivity (Wildman–Crippen MR) is 111 cm³/mol. The highest BCUT2D eigenvalue weighted by Crippen LogP contribution is 2.14. The lowest BCUT2D eigenvalue weighted by atomic mass is 10.1. The molecule has 0 saturated carbocycles. The molecule has 2 aromatic heterocycles. The SMILES string of the molecule is Cc1cc(=O)n2[nH]cc(C(=O)NCc3ccccc3CN3CCN(C)CC3)c2n1. The molecule has 1 aliphatic rings. The number of H-pyrrole nitrogens is 1. The fourth-order valence-corrected chi connectivity index (χ4v) is 3.66. The van der Waals surface area contributed by atoms with E-state index in [4.69, 9.17) is 0 Å². The number of hydrogen-bond donors (Lipinski definition) is 2. The molecule has 1 aliphatic heterocycles. The van der Waals surface area contributed by atoms with Crippen molar-refractivity contribution in [2.24, 2.45) is 0 Å². The Balaban J connectivity index is 1.47. The van der Waals surface area contributed by atoms with Crippen LogP contribution in [-0.2, 0) is 13.1 Å². The largest absolute Gasteiger partial charge is 0.348 e. The number of nitrogens with one attached hydrogen (secondary N) is 2. The van der Waals surface area contributed by atoms with Crippen molar-refractivity contribution in [2.45, 2.75) is 20.0 Å². The molecule has 2 N–H and O–H groups in total. The van der Waals surface area contributed by atoms with E-state index in [1.807, 2.05) is 18.2 Å². The predicted octanol–water partition coefficient (Wildman–Crippen LogP) is 1.01. The molecule has 29 heavy (non-hydrogen) atoms. The molecule has 0 aliphatic carbocycles. The lowest BCUT2D eigenvalue weighted by Crippen LogP contribution is -2.44. The number of piperazine rings is 1. The third-order valence-corrected chi connectivity index (χ3v) is 5.42. The molecule has 152 valence electrons. The minimum Gasteiger partial charge on any atom is -0.348 e. The molecule has 1 fully saturated rings. The Hall–Kier alpha value is -2.97. The van der Waals surface area contributed by atoms with E-state index in [1.165, 1.54) is 22.3 Å². The first-order valence-electron chi connectivity index (χ1n) is 9.85. The summed E-state index contributed by atoms with van der Waals surface area (Å²) in [6.45, 7) is 7.29. The highest BCUT2D eigenvalue weighted by molar-refractivity contribution is 5.99. The van der Waals surface area contributed by atoms with Crippen LogP contribution in [0.3, 0.4) is 0 Å². The molecule has 1 amide bonds. The zero-order valence-electron chi connectivity index (χ0n) is 16.8. The van der Waals surface area contributed by atoms with Crippen molar-refractivity contribution in [1.82, 2.24) is 29.7 Å². The number of aryl methyl sites for hydroxylation is 1. The zero-order valence-corrected chi connectivity index (χ0v) is 16.8. The molecule has 0 atom stereocenters. The Morgan fingerprint density at radius 3 is 2.66 bits per heavy atom. The van der Waals surface area contributed by atoms with E-state index in [9.17, 15) is 9.59 Å². The zero-order chi connectivity index (χ0) is 20.4. The number of carbonyl (C=O) groups excluding carboxylic acids is 1. The van der Waals surface area contributed by atoms with Crippen LogP contribution in [0, 0.1) is 6.92 Å². The molecule has 0 bridgehead atoms. The lowest BCUT2D eigenvalue weighted by molar-refractivity contribution is 0.0952. The van der Waals surface area contributed by atoms with Gasteiger partial charge in [-0.2, -0.15) is 0 Å². The molecular formula is C21H26N6O2. The molecule has 0 spiro atoms. The van der Waals surface area contributed by atoms with Gasteiger partial charge in [-0.3, -0.25) is 19.6 Å². The highest BCUT2D eigenvalue weighted by Gasteiger charge is 2.17. The monoisotopic (exact) mass is 394 g/mol. The van der Waals surface area contributed by atoms with Crippen LogP contribution in [-0.4, -0.2) is 63.5 Å². The average molecular weight is 394 g/mol. The van der Waals surface area contributed by atoms with Gasteiger partial charge in [0.15, 0.2) is 5.65 Å². The highest BCUT2D eigenvalue weighted by atomic mass is 16.2. The first-order chi connectivity index (χ1) is 14.0. The molecule has 3 aromatic rings. The normalized spacial score (nSPS) is 15.7. The Bertz CT molecular complexity index is 1080. The average Bonchev–Trinajstić information content (AvgIpc) is 3.13. The Morgan fingerprint density at radius 1 is 1.17 bits per heavy atom. The number of nitrogens with zero attached hydrogens (tertiary/aromatic N) is 4. The number of likely N-dealkylation sites (N-methyl/N-ethyl adjacent to an activating group) is 1. The van der Waals surface area contributed by atoms with Gasteiger partial charge in [-0.05, 0) is 25.1 Å². The van der Waals surface area contributed by atoms with Crippen LogP contribution in [0.5, 0.6) is 0 Å². The molecule has 0 radical (unpaired) electrons. The van der Waals surface area contributed by atoms with Crippen molar-refractivity contribution < 1.29 is 4.79 Å². The van der Waals surface area contributed by atoms with Crippen LogP contribution in [0.1, 0.15) is 27.2 Å². The van der Waals surface area contributed by atoms with Crippen molar-refractivity contribution in [3.05, 3.63) is 69.3 Å². The van der Waals surface area contributed by atoms with Crippen molar-refractivity contribution in [1.29, 1.82) is 0 Å². The lowest BCUT2D eigenvalue weighted by Gasteiger charge is -2.32. The van der Waals surface area contributed by atoms with Crippen LogP contribution in [0.15, 0.2) is 41.3 Å². The van der Waals surface area contributed by atoms with E-state index < -0.39 is 0 Å². The maximum atomic E-state index is 12.8. The number of amides is 1. The molecule has 4 rings (SSSR count). The van der Waals surface area contributed by atoms with E-state index in [1.54, 1.807) is 6.92 Å². The van der Waals surface area contributed by atoms with Crippen LogP contribution in [0.4, 0.5) is 0 Å². The van der Waals surface area contributed by atoms with Gasteiger partial charge in [-0.1, -0.05) is 24.3 Å². The number of benzene rings is 1. The first-order valence-corrected chi connectivity index (χ1v) is 9.85. The van der Waals surface area contributed by atoms with Crippen molar-refractivity contribution in [3.8, 4) is 0 Å². The number of hydrogen-bond acceptors (Lipinski definition) is 5. The van der Waals surface area contributed by atoms with E-state index in [0.717, 1.165) is 38.3 Å². The van der Waals surface area contributed by atoms with Gasteiger partial charge in [0.25, 0.3) is 11.5 Å². The number of aromatic nitrogens is 3. The van der Waals surface area contributed by atoms with E-state index in [2.05, 4.69) is 38.3 Å². The van der Waals surface area contributed by atoms with Gasteiger partial charge in [0, 0.05) is 57.2 Å². The second-order valence-electron chi connectivity index (χ2n) is 7.61. The molecule has 1 saturated heterocycles. The van der Waals surface area contributed by atoms with Crippen LogP contribution in [0.2, 0.25) is 0 Å². The third-order valence-electron chi connectivity index (χ3n) is 5.42. The van der Waals surface area contributed by atoms with Crippen molar-refractivity contribution in [3.63, 3.8) is 0 Å². The maximum Gasteiger partial charge on any atom is 0.272 e. The summed E-state index contributed by atoms with van der Waals surface area (Å²) < 4.78 is 1.28. The number of fused-ring (bicyclic) bond motifs is 1. The number of rotatable bonds is 5. The molecule has 0 unspecified atom stereocenters. The van der Waals surface area contributed by atoms with Gasteiger partial charge in [0.05, 0.1) is 0 Å². The first kappa shape index (κ1) is 19.4. The summed E-state index contributed by atoms with van der Waals surface area (Å²) in [5.41, 5.74) is 3.38. The minimum atomic E-state index is -0.254. The fraction of sp³-hybridized carbons (Fsp3) is 0.381. The summed E-state index contributed by atoms with van der Waals surface area (Å²) in [4.78, 5) is 33.9. The van der Waals surface area contributed by atoms with E-state index >= 15 is 0 Å². The summed E-state index contributed by atoms with van der Waals surface area (Å²) in [5, 5.41) is 5.78. The van der Waals surface area contributed by atoms with E-state index in [0.29, 0.717) is 23.4 Å². The molecule has 1 aromatic carbocycles. The van der Waals surface area contributed by atoms with Crippen molar-refractivity contribution >= 4 is 11.6 Å².